The molecular weight excluding hydrogens is 316 g/mol. The molecule has 2 aromatic carbocycles. The fourth-order valence-electron chi connectivity index (χ4n) is 1.83. The molecule has 0 fully saturated rings. The van der Waals surface area contributed by atoms with Gasteiger partial charge in [-0.25, -0.2) is 0 Å². The summed E-state index contributed by atoms with van der Waals surface area (Å²) in [5, 5.41) is 13.3. The summed E-state index contributed by atoms with van der Waals surface area (Å²) in [7, 11) is -1.07. The van der Waals surface area contributed by atoms with Gasteiger partial charge in [0.05, 0.1) is 4.92 Å². The lowest BCUT2D eigenvalue weighted by Crippen LogP contribution is -2.07. The smallest absolute Gasteiger partial charge is 0.270 e. The molecule has 0 aliphatic rings. The van der Waals surface area contributed by atoms with Crippen LogP contribution in [0.5, 0.6) is 0 Å². The molecule has 23 heavy (non-hydrogen) atoms. The summed E-state index contributed by atoms with van der Waals surface area (Å²) in [5.41, 5.74) is 1.11. The van der Waals surface area contributed by atoms with Crippen molar-refractivity contribution < 1.29 is 13.9 Å². The molecule has 0 bridgehead atoms. The fourth-order valence-corrected chi connectivity index (χ4v) is 2.35. The monoisotopic (exact) mass is 330 g/mol. The lowest BCUT2D eigenvalue weighted by molar-refractivity contribution is -0.384. The molecule has 0 spiro atoms. The van der Waals surface area contributed by atoms with Crippen LogP contribution >= 0.6 is 0 Å². The van der Waals surface area contributed by atoms with Gasteiger partial charge in [-0.2, -0.15) is 0 Å². The van der Waals surface area contributed by atoms with Crippen molar-refractivity contribution in [1.29, 1.82) is 0 Å². The van der Waals surface area contributed by atoms with E-state index in [0.717, 1.165) is 0 Å². The molecule has 0 saturated carbocycles. The fraction of sp³-hybridized carbons (Fsp3) is 0.0625. The molecule has 0 heterocycles. The molecule has 0 aliphatic heterocycles. The van der Waals surface area contributed by atoms with Gasteiger partial charge in [0.1, 0.15) is 0 Å². The second-order valence-electron chi connectivity index (χ2n) is 4.65. The van der Waals surface area contributed by atoms with Crippen LogP contribution in [-0.4, -0.2) is 21.3 Å². The molecule has 2 aromatic rings. The van der Waals surface area contributed by atoms with Crippen LogP contribution in [0.15, 0.2) is 59.5 Å². The molecule has 1 atom stereocenters. The standard InChI is InChI=1S/C16H14N2O4S/c1-23(22)15-8-6-13(7-9-15)17-16(19)10-5-12-3-2-4-14(11-12)18(20)21/h2-11H,1H3,(H,17,19)/b10-5+. The van der Waals surface area contributed by atoms with Gasteiger partial charge in [0.15, 0.2) is 0 Å². The van der Waals surface area contributed by atoms with Gasteiger partial charge in [-0.15, -0.1) is 0 Å². The Balaban J connectivity index is 2.02. The van der Waals surface area contributed by atoms with E-state index in [0.29, 0.717) is 16.1 Å². The predicted octanol–water partition coefficient (Wildman–Crippen LogP) is 2.98. The van der Waals surface area contributed by atoms with E-state index in [1.165, 1.54) is 24.3 Å². The van der Waals surface area contributed by atoms with Crippen molar-refractivity contribution in [2.24, 2.45) is 0 Å². The molecule has 0 aliphatic carbocycles. The number of nitrogens with zero attached hydrogens (tertiary/aromatic N) is 1. The number of non-ortho nitro benzene ring substituents is 1. The highest BCUT2D eigenvalue weighted by molar-refractivity contribution is 7.84. The largest absolute Gasteiger partial charge is 0.323 e. The zero-order valence-electron chi connectivity index (χ0n) is 12.3. The van der Waals surface area contributed by atoms with Gasteiger partial charge >= 0.3 is 0 Å². The van der Waals surface area contributed by atoms with Gasteiger partial charge in [0.25, 0.3) is 5.69 Å². The Morgan fingerprint density at radius 2 is 1.91 bits per heavy atom. The summed E-state index contributed by atoms with van der Waals surface area (Å²) in [6.45, 7) is 0. The minimum atomic E-state index is -1.07. The Labute approximate surface area is 135 Å². The number of carbonyl (C=O) groups excluding carboxylic acids is 1. The maximum absolute atomic E-state index is 11.8. The molecule has 6 nitrogen and oxygen atoms in total. The first-order valence-electron chi connectivity index (χ1n) is 6.63. The topological polar surface area (TPSA) is 89.3 Å². The number of amides is 1. The highest BCUT2D eigenvalue weighted by atomic mass is 32.2. The summed E-state index contributed by atoms with van der Waals surface area (Å²) in [5.74, 6) is -0.359. The zero-order valence-corrected chi connectivity index (χ0v) is 13.1. The quantitative estimate of drug-likeness (QED) is 0.518. The molecule has 0 radical (unpaired) electrons. The highest BCUT2D eigenvalue weighted by Gasteiger charge is 2.04. The normalized spacial score (nSPS) is 12.0. The number of nitrogens with one attached hydrogen (secondary N) is 1. The molecule has 7 heteroatoms. The molecule has 1 unspecified atom stereocenters. The maximum Gasteiger partial charge on any atom is 0.270 e. The molecule has 0 aromatic heterocycles. The third-order valence-corrected chi connectivity index (χ3v) is 3.90. The average Bonchev–Trinajstić information content (AvgIpc) is 2.53. The summed E-state index contributed by atoms with van der Waals surface area (Å²) < 4.78 is 11.3. The van der Waals surface area contributed by atoms with Crippen LogP contribution in [-0.2, 0) is 15.6 Å². The molecule has 118 valence electrons. The first-order valence-corrected chi connectivity index (χ1v) is 8.18. The van der Waals surface area contributed by atoms with Gasteiger partial charge in [-0.05, 0) is 35.9 Å². The number of hydrogen-bond donors (Lipinski definition) is 1. The maximum atomic E-state index is 11.8. The first-order chi connectivity index (χ1) is 11.0. The number of benzene rings is 2. The zero-order chi connectivity index (χ0) is 16.8. The third-order valence-electron chi connectivity index (χ3n) is 2.96. The van der Waals surface area contributed by atoms with E-state index >= 15 is 0 Å². The van der Waals surface area contributed by atoms with Gasteiger partial charge in [-0.3, -0.25) is 19.1 Å². The highest BCUT2D eigenvalue weighted by Crippen LogP contribution is 2.15. The minimum Gasteiger partial charge on any atom is -0.323 e. The van der Waals surface area contributed by atoms with E-state index in [1.54, 1.807) is 42.7 Å². The van der Waals surface area contributed by atoms with Crippen LogP contribution in [0.1, 0.15) is 5.56 Å². The van der Waals surface area contributed by atoms with Crippen molar-refractivity contribution in [2.75, 3.05) is 11.6 Å². The van der Waals surface area contributed by atoms with Gasteiger partial charge in [-0.1, -0.05) is 12.1 Å². The van der Waals surface area contributed by atoms with Crippen molar-refractivity contribution in [3.8, 4) is 0 Å². The Morgan fingerprint density at radius 1 is 1.22 bits per heavy atom. The molecule has 2 rings (SSSR count). The van der Waals surface area contributed by atoms with E-state index in [9.17, 15) is 19.1 Å². The van der Waals surface area contributed by atoms with E-state index < -0.39 is 15.7 Å². The summed E-state index contributed by atoms with van der Waals surface area (Å²) in [6.07, 6.45) is 4.37. The lowest BCUT2D eigenvalue weighted by Gasteiger charge is -2.03. The Hall–Kier alpha value is -2.80. The number of nitro groups is 1. The summed E-state index contributed by atoms with van der Waals surface area (Å²) >= 11 is 0. The number of hydrogen-bond acceptors (Lipinski definition) is 4. The van der Waals surface area contributed by atoms with Crippen LogP contribution in [0.3, 0.4) is 0 Å². The van der Waals surface area contributed by atoms with Crippen molar-refractivity contribution in [1.82, 2.24) is 0 Å². The van der Waals surface area contributed by atoms with Crippen LogP contribution in [0.25, 0.3) is 6.08 Å². The number of rotatable bonds is 5. The number of carbonyl (C=O) groups is 1. The lowest BCUT2D eigenvalue weighted by atomic mass is 10.2. The SMILES string of the molecule is CS(=O)c1ccc(NC(=O)/C=C/c2cccc([N+](=O)[O-])c2)cc1. The molecule has 0 saturated heterocycles. The second kappa shape index (κ2) is 7.46. The van der Waals surface area contributed by atoms with E-state index in [2.05, 4.69) is 5.32 Å². The summed E-state index contributed by atoms with van der Waals surface area (Å²) in [4.78, 5) is 22.7. The van der Waals surface area contributed by atoms with Crippen LogP contribution in [0.2, 0.25) is 0 Å². The van der Waals surface area contributed by atoms with Gasteiger partial charge < -0.3 is 5.32 Å². The van der Waals surface area contributed by atoms with Gasteiger partial charge in [0, 0.05) is 45.8 Å². The number of nitro benzene ring substituents is 1. The Kier molecular flexibility index (Phi) is 5.37. The van der Waals surface area contributed by atoms with E-state index in [-0.39, 0.29) is 11.6 Å². The van der Waals surface area contributed by atoms with Crippen LogP contribution in [0, 0.1) is 10.1 Å². The number of anilines is 1. The first kappa shape index (κ1) is 16.6. The van der Waals surface area contributed by atoms with Crippen LogP contribution in [0.4, 0.5) is 11.4 Å². The van der Waals surface area contributed by atoms with Crippen molar-refractivity contribution >= 4 is 34.2 Å². The minimum absolute atomic E-state index is 0.0317. The predicted molar refractivity (Wildman–Crippen MR) is 89.5 cm³/mol. The van der Waals surface area contributed by atoms with E-state index in [4.69, 9.17) is 0 Å². The second-order valence-corrected chi connectivity index (χ2v) is 6.03. The Morgan fingerprint density at radius 3 is 2.52 bits per heavy atom. The van der Waals surface area contributed by atoms with Crippen molar-refractivity contribution in [2.45, 2.75) is 4.90 Å². The van der Waals surface area contributed by atoms with Crippen LogP contribution < -0.4 is 5.32 Å². The molecule has 1 amide bonds. The van der Waals surface area contributed by atoms with Gasteiger partial charge in [0.2, 0.25) is 5.91 Å². The van der Waals surface area contributed by atoms with Crippen molar-refractivity contribution in [3.05, 3.63) is 70.3 Å². The van der Waals surface area contributed by atoms with Crippen molar-refractivity contribution in [3.63, 3.8) is 0 Å². The summed E-state index contributed by atoms with van der Waals surface area (Å²) in [6, 6.07) is 12.7. The molecule has 1 N–H and O–H groups in total. The Bertz CT molecular complexity index is 785. The third kappa shape index (κ3) is 4.86. The van der Waals surface area contributed by atoms with E-state index in [1.807, 2.05) is 0 Å². The molecular formula is C16H14N2O4S. The average molecular weight is 330 g/mol.